The molecule has 0 aromatic heterocycles. The molecule has 0 radical (unpaired) electrons. The van der Waals surface area contributed by atoms with Crippen molar-refractivity contribution < 1.29 is 19.4 Å². The number of fused-ring (bicyclic) bond motifs is 1. The number of Topliss-reactive ketones (excluding diaryl/α,β-unsaturated/α-hetero) is 1. The molecule has 5 heteroatoms. The number of carbonyl (C=O) groups is 2. The number of ether oxygens (including phenoxy) is 1. The molecule has 130 valence electrons. The molecule has 0 bridgehead atoms. The maximum atomic E-state index is 12.9. The molecule has 3 rings (SSSR count). The fraction of sp³-hybridized carbons (Fsp3) is 0.300. The van der Waals surface area contributed by atoms with Crippen LogP contribution in [-0.4, -0.2) is 29.9 Å². The zero-order valence-corrected chi connectivity index (χ0v) is 14.5. The summed E-state index contributed by atoms with van der Waals surface area (Å²) in [5, 5.41) is 11.1. The Balaban J connectivity index is 1.95. The van der Waals surface area contributed by atoms with Gasteiger partial charge >= 0.3 is 0 Å². The summed E-state index contributed by atoms with van der Waals surface area (Å²) < 4.78 is 5.08. The van der Waals surface area contributed by atoms with E-state index in [0.29, 0.717) is 22.6 Å². The van der Waals surface area contributed by atoms with Crippen molar-refractivity contribution >= 4 is 17.4 Å². The molecule has 0 fully saturated rings. The highest BCUT2D eigenvalue weighted by Crippen LogP contribution is 2.43. The second-order valence-corrected chi connectivity index (χ2v) is 6.47. The Labute approximate surface area is 146 Å². The Morgan fingerprint density at radius 1 is 1.16 bits per heavy atom. The van der Waals surface area contributed by atoms with Crippen molar-refractivity contribution in [2.24, 2.45) is 0 Å². The standard InChI is InChI=1S/C20H21NO4/c1-13(2)21-17-7-5-4-6-16(17)20(24,19(21)23)12-18(22)14-8-10-15(25-3)11-9-14/h4-11,13,24H,12H2,1-3H3/t20-/m0/s1. The molecule has 5 nitrogen and oxygen atoms in total. The number of hydrogen-bond donors (Lipinski definition) is 1. The highest BCUT2D eigenvalue weighted by atomic mass is 16.5. The number of para-hydroxylation sites is 1. The zero-order valence-electron chi connectivity index (χ0n) is 14.5. The number of carbonyl (C=O) groups excluding carboxylic acids is 2. The summed E-state index contributed by atoms with van der Waals surface area (Å²) in [4.78, 5) is 27.1. The van der Waals surface area contributed by atoms with Crippen LogP contribution in [0.5, 0.6) is 5.75 Å². The fourth-order valence-corrected chi connectivity index (χ4v) is 3.25. The highest BCUT2D eigenvalue weighted by Gasteiger charge is 2.51. The molecule has 1 aliphatic rings. The number of anilines is 1. The third-order valence-electron chi connectivity index (χ3n) is 4.53. The molecule has 1 amide bonds. The summed E-state index contributed by atoms with van der Waals surface area (Å²) >= 11 is 0. The topological polar surface area (TPSA) is 66.8 Å². The molecule has 2 aromatic carbocycles. The number of ketones is 1. The average Bonchev–Trinajstić information content (AvgIpc) is 2.83. The summed E-state index contributed by atoms with van der Waals surface area (Å²) in [6.45, 7) is 3.76. The fourth-order valence-electron chi connectivity index (χ4n) is 3.25. The monoisotopic (exact) mass is 339 g/mol. The molecule has 1 N–H and O–H groups in total. The van der Waals surface area contributed by atoms with Crippen LogP contribution in [0.3, 0.4) is 0 Å². The van der Waals surface area contributed by atoms with Crippen molar-refractivity contribution in [2.75, 3.05) is 12.0 Å². The van der Waals surface area contributed by atoms with Crippen LogP contribution in [0.2, 0.25) is 0 Å². The van der Waals surface area contributed by atoms with Gasteiger partial charge in [0.2, 0.25) is 0 Å². The van der Waals surface area contributed by atoms with Crippen LogP contribution in [0.4, 0.5) is 5.69 Å². The van der Waals surface area contributed by atoms with Gasteiger partial charge in [-0.25, -0.2) is 0 Å². The van der Waals surface area contributed by atoms with Crippen molar-refractivity contribution in [1.82, 2.24) is 0 Å². The highest BCUT2D eigenvalue weighted by molar-refractivity contribution is 6.11. The van der Waals surface area contributed by atoms with Crippen LogP contribution in [0, 0.1) is 0 Å². The number of amides is 1. The number of benzene rings is 2. The van der Waals surface area contributed by atoms with Crippen LogP contribution in [-0.2, 0) is 10.4 Å². The van der Waals surface area contributed by atoms with Crippen LogP contribution in [0.1, 0.15) is 36.2 Å². The maximum Gasteiger partial charge on any atom is 0.264 e. The smallest absolute Gasteiger partial charge is 0.264 e. The number of hydrogen-bond acceptors (Lipinski definition) is 4. The number of aliphatic hydroxyl groups is 1. The first kappa shape index (κ1) is 17.2. The van der Waals surface area contributed by atoms with Gasteiger partial charge in [0.05, 0.1) is 19.2 Å². The van der Waals surface area contributed by atoms with E-state index in [1.165, 1.54) is 0 Å². The van der Waals surface area contributed by atoms with Crippen molar-refractivity contribution in [3.63, 3.8) is 0 Å². The van der Waals surface area contributed by atoms with Crippen LogP contribution in [0.15, 0.2) is 48.5 Å². The minimum Gasteiger partial charge on any atom is -0.497 e. The SMILES string of the molecule is COc1ccc(C(=O)C[C@@]2(O)C(=O)N(C(C)C)c3ccccc32)cc1. The molecule has 1 atom stereocenters. The second kappa shape index (κ2) is 6.33. The Morgan fingerprint density at radius 3 is 2.40 bits per heavy atom. The van der Waals surface area contributed by atoms with E-state index < -0.39 is 11.5 Å². The quantitative estimate of drug-likeness (QED) is 0.851. The Kier molecular flexibility index (Phi) is 4.35. The predicted molar refractivity (Wildman–Crippen MR) is 94.9 cm³/mol. The first-order valence-corrected chi connectivity index (χ1v) is 8.21. The summed E-state index contributed by atoms with van der Waals surface area (Å²) in [7, 11) is 1.55. The number of methoxy groups -OCH3 is 1. The molecule has 0 saturated heterocycles. The van der Waals surface area contributed by atoms with Crippen molar-refractivity contribution in [3.05, 3.63) is 59.7 Å². The molecule has 0 unspecified atom stereocenters. The van der Waals surface area contributed by atoms with E-state index in [9.17, 15) is 14.7 Å². The third-order valence-corrected chi connectivity index (χ3v) is 4.53. The lowest BCUT2D eigenvalue weighted by Gasteiger charge is -2.25. The molecule has 0 aliphatic carbocycles. The van der Waals surface area contributed by atoms with Gasteiger partial charge < -0.3 is 14.7 Å². The van der Waals surface area contributed by atoms with E-state index in [1.807, 2.05) is 19.9 Å². The summed E-state index contributed by atoms with van der Waals surface area (Å²) in [6, 6.07) is 13.6. The van der Waals surface area contributed by atoms with Crippen LogP contribution in [0.25, 0.3) is 0 Å². The van der Waals surface area contributed by atoms with Gasteiger partial charge in [-0.05, 0) is 44.2 Å². The maximum absolute atomic E-state index is 12.9. The van der Waals surface area contributed by atoms with E-state index in [2.05, 4.69) is 0 Å². The molecule has 1 aliphatic heterocycles. The average molecular weight is 339 g/mol. The lowest BCUT2D eigenvalue weighted by Crippen LogP contribution is -2.44. The Hall–Kier alpha value is -2.66. The van der Waals surface area contributed by atoms with E-state index >= 15 is 0 Å². The summed E-state index contributed by atoms with van der Waals surface area (Å²) in [5.41, 5.74) is -0.261. The summed E-state index contributed by atoms with van der Waals surface area (Å²) in [5.74, 6) is -0.104. The molecule has 25 heavy (non-hydrogen) atoms. The van der Waals surface area contributed by atoms with Gasteiger partial charge in [0.15, 0.2) is 11.4 Å². The van der Waals surface area contributed by atoms with Gasteiger partial charge in [0, 0.05) is 17.2 Å². The second-order valence-electron chi connectivity index (χ2n) is 6.47. The minimum absolute atomic E-state index is 0.112. The van der Waals surface area contributed by atoms with Crippen molar-refractivity contribution in [3.8, 4) is 5.75 Å². The first-order chi connectivity index (χ1) is 11.9. The molecular formula is C20H21NO4. The van der Waals surface area contributed by atoms with Crippen LogP contribution >= 0.6 is 0 Å². The lowest BCUT2D eigenvalue weighted by molar-refractivity contribution is -0.136. The van der Waals surface area contributed by atoms with Gasteiger partial charge in [0.25, 0.3) is 5.91 Å². The number of nitrogens with zero attached hydrogens (tertiary/aromatic N) is 1. The van der Waals surface area contributed by atoms with Gasteiger partial charge in [-0.3, -0.25) is 9.59 Å². The Bertz CT molecular complexity index is 813. The van der Waals surface area contributed by atoms with E-state index in [-0.39, 0.29) is 18.2 Å². The molecule has 2 aromatic rings. The Morgan fingerprint density at radius 2 is 1.80 bits per heavy atom. The van der Waals surface area contributed by atoms with E-state index in [4.69, 9.17) is 4.74 Å². The van der Waals surface area contributed by atoms with E-state index in [1.54, 1.807) is 54.5 Å². The van der Waals surface area contributed by atoms with Gasteiger partial charge in [-0.1, -0.05) is 18.2 Å². The minimum atomic E-state index is -1.84. The largest absolute Gasteiger partial charge is 0.497 e. The molecule has 1 heterocycles. The first-order valence-electron chi connectivity index (χ1n) is 8.21. The van der Waals surface area contributed by atoms with Crippen LogP contribution < -0.4 is 9.64 Å². The third kappa shape index (κ3) is 2.81. The zero-order chi connectivity index (χ0) is 18.2. The molecular weight excluding hydrogens is 318 g/mol. The number of rotatable bonds is 5. The predicted octanol–water partition coefficient (Wildman–Crippen LogP) is 2.91. The van der Waals surface area contributed by atoms with Gasteiger partial charge in [-0.15, -0.1) is 0 Å². The summed E-state index contributed by atoms with van der Waals surface area (Å²) in [6.07, 6.45) is -0.293. The van der Waals surface area contributed by atoms with Crippen molar-refractivity contribution in [2.45, 2.75) is 31.9 Å². The van der Waals surface area contributed by atoms with Gasteiger partial charge in [0.1, 0.15) is 5.75 Å². The molecule has 0 saturated carbocycles. The lowest BCUT2D eigenvalue weighted by atomic mass is 9.88. The van der Waals surface area contributed by atoms with Crippen molar-refractivity contribution in [1.29, 1.82) is 0 Å². The van der Waals surface area contributed by atoms with E-state index in [0.717, 1.165) is 0 Å². The molecule has 0 spiro atoms. The normalized spacial score (nSPS) is 19.2. The van der Waals surface area contributed by atoms with Gasteiger partial charge in [-0.2, -0.15) is 0 Å².